The van der Waals surface area contributed by atoms with Gasteiger partial charge in [-0.15, -0.1) is 0 Å². The van der Waals surface area contributed by atoms with Crippen LogP contribution >= 0.6 is 43.5 Å². The Bertz CT molecular complexity index is 782. The Hall–Kier alpha value is -0.600. The van der Waals surface area contributed by atoms with E-state index in [0.29, 0.717) is 26.2 Å². The van der Waals surface area contributed by atoms with Gasteiger partial charge in [0, 0.05) is 20.5 Å². The van der Waals surface area contributed by atoms with Gasteiger partial charge in [-0.05, 0) is 67.8 Å². The number of rotatable bonds is 4. The number of nitrogens with two attached hydrogens (primary N) is 1. The summed E-state index contributed by atoms with van der Waals surface area (Å²) in [5.41, 5.74) is 6.78. The van der Waals surface area contributed by atoms with Crippen LogP contribution in [0.3, 0.4) is 0 Å². The molecular formula is C13H11Br2ClN2O2S. The van der Waals surface area contributed by atoms with Crippen molar-refractivity contribution in [3.05, 3.63) is 55.9 Å². The van der Waals surface area contributed by atoms with Crippen molar-refractivity contribution in [1.29, 1.82) is 0 Å². The van der Waals surface area contributed by atoms with Gasteiger partial charge in [0.2, 0.25) is 0 Å². The number of hydrogen-bond donors (Lipinski definition) is 2. The van der Waals surface area contributed by atoms with Crippen LogP contribution in [0.4, 0.5) is 5.69 Å². The molecule has 0 fully saturated rings. The molecule has 2 aromatic rings. The second-order valence-corrected chi connectivity index (χ2v) is 7.99. The van der Waals surface area contributed by atoms with Gasteiger partial charge in [0.05, 0.1) is 5.69 Å². The summed E-state index contributed by atoms with van der Waals surface area (Å²) >= 11 is 12.4. The van der Waals surface area contributed by atoms with Gasteiger partial charge < -0.3 is 5.73 Å². The van der Waals surface area contributed by atoms with E-state index in [1.54, 1.807) is 30.3 Å². The predicted molar refractivity (Wildman–Crippen MR) is 92.0 cm³/mol. The smallest absolute Gasteiger partial charge is 0.263 e. The molecule has 0 spiro atoms. The average Bonchev–Trinajstić information content (AvgIpc) is 2.41. The minimum atomic E-state index is -3.72. The number of hydrogen-bond acceptors (Lipinski definition) is 3. The van der Waals surface area contributed by atoms with Crippen LogP contribution in [-0.2, 0) is 16.6 Å². The standard InChI is InChI=1S/C13H11Br2ClN2O2S/c14-10-6-9(16)2-3-12(10)18-21(19,20)13-4-1-8(7-17)5-11(13)15/h1-6,18H,7,17H2. The lowest BCUT2D eigenvalue weighted by Crippen LogP contribution is -2.14. The first-order valence-corrected chi connectivity index (χ1v) is 9.24. The van der Waals surface area contributed by atoms with Crippen molar-refractivity contribution in [3.8, 4) is 0 Å². The highest BCUT2D eigenvalue weighted by molar-refractivity contribution is 9.11. The fraction of sp³-hybridized carbons (Fsp3) is 0.0769. The minimum absolute atomic E-state index is 0.140. The highest BCUT2D eigenvalue weighted by Crippen LogP contribution is 2.30. The molecule has 21 heavy (non-hydrogen) atoms. The lowest BCUT2D eigenvalue weighted by atomic mass is 10.2. The molecule has 112 valence electrons. The van der Waals surface area contributed by atoms with E-state index in [-0.39, 0.29) is 4.90 Å². The Labute approximate surface area is 145 Å². The van der Waals surface area contributed by atoms with E-state index in [9.17, 15) is 8.42 Å². The van der Waals surface area contributed by atoms with Crippen LogP contribution in [0.25, 0.3) is 0 Å². The van der Waals surface area contributed by atoms with E-state index in [4.69, 9.17) is 17.3 Å². The molecule has 0 aliphatic carbocycles. The molecule has 0 aliphatic heterocycles. The first-order chi connectivity index (χ1) is 9.83. The molecule has 0 aliphatic rings. The first-order valence-electron chi connectivity index (χ1n) is 5.80. The molecule has 0 atom stereocenters. The Morgan fingerprint density at radius 3 is 2.38 bits per heavy atom. The Balaban J connectivity index is 2.38. The zero-order valence-corrected chi connectivity index (χ0v) is 15.4. The number of halogens is 3. The molecule has 0 aromatic heterocycles. The second-order valence-electron chi connectivity index (χ2n) is 4.20. The van der Waals surface area contributed by atoms with Crippen molar-refractivity contribution < 1.29 is 8.42 Å². The van der Waals surface area contributed by atoms with Crippen LogP contribution in [-0.4, -0.2) is 8.42 Å². The van der Waals surface area contributed by atoms with E-state index < -0.39 is 10.0 Å². The largest absolute Gasteiger partial charge is 0.326 e. The van der Waals surface area contributed by atoms with Crippen LogP contribution in [0.5, 0.6) is 0 Å². The first kappa shape index (κ1) is 16.8. The molecule has 8 heteroatoms. The average molecular weight is 455 g/mol. The number of anilines is 1. The Kier molecular flexibility index (Phi) is 5.32. The zero-order valence-electron chi connectivity index (χ0n) is 10.6. The summed E-state index contributed by atoms with van der Waals surface area (Å²) in [7, 11) is -3.72. The molecule has 3 N–H and O–H groups in total. The van der Waals surface area contributed by atoms with Gasteiger partial charge in [-0.25, -0.2) is 8.42 Å². The van der Waals surface area contributed by atoms with E-state index >= 15 is 0 Å². The summed E-state index contributed by atoms with van der Waals surface area (Å²) in [6.45, 7) is 0.342. The van der Waals surface area contributed by atoms with Gasteiger partial charge in [0.25, 0.3) is 10.0 Å². The maximum Gasteiger partial charge on any atom is 0.263 e. The fourth-order valence-electron chi connectivity index (χ4n) is 1.66. The van der Waals surface area contributed by atoms with Crippen molar-refractivity contribution in [2.24, 2.45) is 5.73 Å². The van der Waals surface area contributed by atoms with Gasteiger partial charge in [-0.3, -0.25) is 4.72 Å². The maximum atomic E-state index is 12.4. The summed E-state index contributed by atoms with van der Waals surface area (Å²) in [6, 6.07) is 9.69. The second kappa shape index (κ2) is 6.66. The zero-order chi connectivity index (χ0) is 15.6. The molecular weight excluding hydrogens is 443 g/mol. The number of nitrogens with one attached hydrogen (secondary N) is 1. The van der Waals surface area contributed by atoms with Crippen LogP contribution in [0, 0.1) is 0 Å². The van der Waals surface area contributed by atoms with Crippen molar-refractivity contribution in [3.63, 3.8) is 0 Å². The SMILES string of the molecule is NCc1ccc(S(=O)(=O)Nc2ccc(Cl)cc2Br)c(Br)c1. The molecule has 2 rings (SSSR count). The van der Waals surface area contributed by atoms with Crippen LogP contribution in [0.2, 0.25) is 5.02 Å². The van der Waals surface area contributed by atoms with Crippen LogP contribution < -0.4 is 10.5 Å². The maximum absolute atomic E-state index is 12.4. The summed E-state index contributed by atoms with van der Waals surface area (Å²) < 4.78 is 28.4. The summed E-state index contributed by atoms with van der Waals surface area (Å²) in [4.78, 5) is 0.140. The molecule has 0 saturated carbocycles. The molecule has 0 saturated heterocycles. The highest BCUT2D eigenvalue weighted by Gasteiger charge is 2.19. The quantitative estimate of drug-likeness (QED) is 0.730. The molecule has 4 nitrogen and oxygen atoms in total. The monoisotopic (exact) mass is 452 g/mol. The fourth-order valence-corrected chi connectivity index (χ4v) is 4.78. The summed E-state index contributed by atoms with van der Waals surface area (Å²) in [5.74, 6) is 0. The molecule has 0 amide bonds. The number of benzene rings is 2. The van der Waals surface area contributed by atoms with Gasteiger partial charge in [0.15, 0.2) is 0 Å². The molecule has 0 radical (unpaired) electrons. The predicted octanol–water partition coefficient (Wildman–Crippen LogP) is 4.12. The van der Waals surface area contributed by atoms with Crippen molar-refractivity contribution in [2.75, 3.05) is 4.72 Å². The third-order valence-corrected chi connectivity index (χ3v) is 5.93. The molecule has 0 bridgehead atoms. The lowest BCUT2D eigenvalue weighted by molar-refractivity contribution is 0.600. The lowest BCUT2D eigenvalue weighted by Gasteiger charge is -2.12. The number of sulfonamides is 1. The van der Waals surface area contributed by atoms with Gasteiger partial charge in [-0.1, -0.05) is 17.7 Å². The van der Waals surface area contributed by atoms with Gasteiger partial charge >= 0.3 is 0 Å². The normalized spacial score (nSPS) is 11.4. The topological polar surface area (TPSA) is 72.2 Å². The summed E-state index contributed by atoms with van der Waals surface area (Å²) in [5, 5.41) is 0.512. The molecule has 2 aromatic carbocycles. The highest BCUT2D eigenvalue weighted by atomic mass is 79.9. The van der Waals surface area contributed by atoms with E-state index in [1.165, 1.54) is 6.07 Å². The Morgan fingerprint density at radius 2 is 1.81 bits per heavy atom. The molecule has 0 heterocycles. The van der Waals surface area contributed by atoms with E-state index in [1.807, 2.05) is 0 Å². The third kappa shape index (κ3) is 3.98. The van der Waals surface area contributed by atoms with E-state index in [2.05, 4.69) is 36.6 Å². The van der Waals surface area contributed by atoms with Gasteiger partial charge in [-0.2, -0.15) is 0 Å². The summed E-state index contributed by atoms with van der Waals surface area (Å²) in [6.07, 6.45) is 0. The van der Waals surface area contributed by atoms with Crippen molar-refractivity contribution in [1.82, 2.24) is 0 Å². The van der Waals surface area contributed by atoms with Crippen molar-refractivity contribution >= 4 is 59.2 Å². The van der Waals surface area contributed by atoms with Crippen molar-refractivity contribution in [2.45, 2.75) is 11.4 Å². The third-order valence-electron chi connectivity index (χ3n) is 2.70. The minimum Gasteiger partial charge on any atom is -0.326 e. The Morgan fingerprint density at radius 1 is 1.10 bits per heavy atom. The molecule has 0 unspecified atom stereocenters. The van der Waals surface area contributed by atoms with E-state index in [0.717, 1.165) is 5.56 Å². The van der Waals surface area contributed by atoms with Crippen LogP contribution in [0.1, 0.15) is 5.56 Å². The van der Waals surface area contributed by atoms with Gasteiger partial charge in [0.1, 0.15) is 4.90 Å². The van der Waals surface area contributed by atoms with Crippen LogP contribution in [0.15, 0.2) is 50.2 Å².